The van der Waals surface area contributed by atoms with E-state index in [1.54, 1.807) is 0 Å². The number of carboxylic acids is 4. The number of hydrogen-bond donors (Lipinski definition) is 17. The van der Waals surface area contributed by atoms with Crippen molar-refractivity contribution in [1.82, 2.24) is 0 Å². The van der Waals surface area contributed by atoms with Gasteiger partial charge in [-0.25, -0.2) is 24.0 Å². The van der Waals surface area contributed by atoms with Gasteiger partial charge >= 0.3 is 47.8 Å². The molecule has 32 nitrogen and oxygen atoms in total. The van der Waals surface area contributed by atoms with Crippen LogP contribution < -0.4 is 14.2 Å². The van der Waals surface area contributed by atoms with E-state index in [1.807, 2.05) is 0 Å². The van der Waals surface area contributed by atoms with Crippen LogP contribution >= 0.6 is 0 Å². The van der Waals surface area contributed by atoms with Crippen molar-refractivity contribution in [2.24, 2.45) is 0 Å². The number of carboxylic acid groups (broad SMARTS) is 4. The van der Waals surface area contributed by atoms with E-state index in [0.717, 1.165) is 109 Å². The summed E-state index contributed by atoms with van der Waals surface area (Å²) in [5.41, 5.74) is -1.84. The lowest BCUT2D eigenvalue weighted by atomic mass is 9.85. The normalized spacial score (nSPS) is 18.0. The van der Waals surface area contributed by atoms with Gasteiger partial charge in [-0.3, -0.25) is 14.4 Å². The summed E-state index contributed by atoms with van der Waals surface area (Å²) in [6.07, 6.45) is -14.9. The third-order valence-electron chi connectivity index (χ3n) is 17.3. The maximum atomic E-state index is 15.3. The minimum atomic E-state index is -2.38. The number of aromatic hydroxyl groups is 13. The second-order valence-electron chi connectivity index (χ2n) is 24.1. The summed E-state index contributed by atoms with van der Waals surface area (Å²) in [4.78, 5) is 110. The number of carbonyl (C=O) groups excluding carboxylic acids is 4. The van der Waals surface area contributed by atoms with E-state index in [2.05, 4.69) is 0 Å². The molecule has 0 aliphatic carbocycles. The van der Waals surface area contributed by atoms with Crippen LogP contribution in [0.15, 0.2) is 133 Å². The first-order chi connectivity index (χ1) is 49.3. The zero-order valence-electron chi connectivity index (χ0n) is 53.1. The zero-order valence-corrected chi connectivity index (χ0v) is 53.1. The number of fused-ring (bicyclic) bond motifs is 3. The van der Waals surface area contributed by atoms with E-state index >= 15 is 4.79 Å². The van der Waals surface area contributed by atoms with Crippen molar-refractivity contribution in [3.8, 4) is 92.0 Å². The maximum Gasteiger partial charge on any atom is 0.345 e. The fraction of sp³-hybridized carbons (Fsp3) is 0.194. The smallest absolute Gasteiger partial charge is 0.345 e. The summed E-state index contributed by atoms with van der Waals surface area (Å²) in [5, 5.41) is 179. The summed E-state index contributed by atoms with van der Waals surface area (Å²) in [6, 6.07) is 22.4. The minimum Gasteiger partial charge on any atom is -0.504 e. The monoisotopic (exact) mass is 1430 g/mol. The number of esters is 4. The molecule has 0 aromatic heterocycles. The van der Waals surface area contributed by atoms with Gasteiger partial charge in [-0.05, 0) is 136 Å². The van der Waals surface area contributed by atoms with Gasteiger partial charge in [0.2, 0.25) is 24.4 Å². The molecule has 0 spiro atoms. The van der Waals surface area contributed by atoms with Crippen LogP contribution in [0.1, 0.15) is 97.3 Å². The molecule has 0 saturated heterocycles. The number of aliphatic carboxylic acids is 4. The molecule has 104 heavy (non-hydrogen) atoms. The van der Waals surface area contributed by atoms with E-state index in [-0.39, 0.29) is 55.6 Å². The van der Waals surface area contributed by atoms with Gasteiger partial charge in [0.05, 0.1) is 0 Å². The molecule has 0 fully saturated rings. The molecule has 3 aliphatic heterocycles. The van der Waals surface area contributed by atoms with Crippen molar-refractivity contribution >= 4 is 53.8 Å². The number of phenols is 13. The van der Waals surface area contributed by atoms with Crippen molar-refractivity contribution < 1.29 is 158 Å². The molecule has 8 aromatic carbocycles. The third kappa shape index (κ3) is 14.6. The van der Waals surface area contributed by atoms with Crippen LogP contribution in [0.4, 0.5) is 0 Å². The Morgan fingerprint density at radius 2 is 0.663 bits per heavy atom. The standard InChI is InChI=1S/C72H58O32/c73-37-9-1-29(18-44(37)80)21-50(66(87)88)98-54(86)16-3-28-17-36-57(60(102-63(36)49(85)20-28)33-6-11-39(75)46(82)23-33)70(95)100-52(68(91)92)26-31-4-14-43(79)65-56(31)59(62(104-65)35-8-13-41(77)48(84)25-35)72(97)101-53(69(93)94)27-32-5-15-42(78)64-55(32)58(61(103-64)34-7-12-40(76)47(83)24-34)71(96)99-51(67(89)90)22-30-2-10-38(74)45(81)19-30/h1-20,23-25,50-53,57-62,73-85H,21-22,26-27H2,(H,87,88)(H,89,90)(H,91,92)(H,93,94)/b16-3+/t50-,51-,52-,53-,57+,58+,59+,60-,61-,62-/m1/s1. The molecule has 32 heteroatoms. The van der Waals surface area contributed by atoms with Gasteiger partial charge in [0.25, 0.3) is 0 Å². The fourth-order valence-electron chi connectivity index (χ4n) is 12.3. The Balaban J connectivity index is 0.915. The first-order valence-corrected chi connectivity index (χ1v) is 30.9. The molecule has 0 amide bonds. The summed E-state index contributed by atoms with van der Waals surface area (Å²) in [6.45, 7) is 0. The van der Waals surface area contributed by atoms with Crippen molar-refractivity contribution in [1.29, 1.82) is 0 Å². The second-order valence-corrected chi connectivity index (χ2v) is 24.1. The molecule has 17 N–H and O–H groups in total. The van der Waals surface area contributed by atoms with Crippen LogP contribution in [-0.2, 0) is 83.0 Å². The van der Waals surface area contributed by atoms with Gasteiger partial charge < -0.3 is 120 Å². The highest BCUT2D eigenvalue weighted by Crippen LogP contribution is 2.57. The van der Waals surface area contributed by atoms with E-state index in [4.69, 9.17) is 33.2 Å². The summed E-state index contributed by atoms with van der Waals surface area (Å²) < 4.78 is 40.6. The minimum absolute atomic E-state index is 0.0478. The fourth-order valence-corrected chi connectivity index (χ4v) is 12.3. The van der Waals surface area contributed by atoms with Crippen LogP contribution in [0.25, 0.3) is 6.08 Å². The molecule has 3 aliphatic rings. The quantitative estimate of drug-likeness (QED) is 0.0133. The molecular formula is C72H58O32. The maximum absolute atomic E-state index is 15.3. The van der Waals surface area contributed by atoms with Gasteiger partial charge in [-0.1, -0.05) is 42.5 Å². The molecule has 538 valence electrons. The van der Waals surface area contributed by atoms with Gasteiger partial charge in [0.1, 0.15) is 36.1 Å². The topological polar surface area (TPSA) is 545 Å². The largest absolute Gasteiger partial charge is 0.504 e. The molecular weight excluding hydrogens is 1380 g/mol. The molecule has 11 rings (SSSR count). The van der Waals surface area contributed by atoms with Crippen LogP contribution in [0, 0.1) is 0 Å². The Morgan fingerprint density at radius 1 is 0.337 bits per heavy atom. The molecule has 8 aromatic rings. The van der Waals surface area contributed by atoms with E-state index in [9.17, 15) is 120 Å². The molecule has 0 unspecified atom stereocenters. The lowest BCUT2D eigenvalue weighted by Crippen LogP contribution is -2.35. The molecule has 10 atom stereocenters. The first kappa shape index (κ1) is 71.3. The van der Waals surface area contributed by atoms with Gasteiger partial charge in [-0.2, -0.15) is 0 Å². The van der Waals surface area contributed by atoms with Gasteiger partial charge in [-0.15, -0.1) is 0 Å². The van der Waals surface area contributed by atoms with E-state index < -0.39 is 231 Å². The number of carbonyl (C=O) groups is 8. The van der Waals surface area contributed by atoms with E-state index in [0.29, 0.717) is 0 Å². The van der Waals surface area contributed by atoms with Crippen molar-refractivity contribution in [3.63, 3.8) is 0 Å². The van der Waals surface area contributed by atoms with Crippen LogP contribution in [0.5, 0.6) is 92.0 Å². The highest BCUT2D eigenvalue weighted by Gasteiger charge is 2.51. The van der Waals surface area contributed by atoms with Crippen LogP contribution in [0.2, 0.25) is 0 Å². The average molecular weight is 1440 g/mol. The predicted molar refractivity (Wildman–Crippen MR) is 345 cm³/mol. The van der Waals surface area contributed by atoms with Gasteiger partial charge in [0.15, 0.2) is 92.0 Å². The molecule has 0 saturated carbocycles. The summed E-state index contributed by atoms with van der Waals surface area (Å²) >= 11 is 0. The number of benzene rings is 8. The first-order valence-electron chi connectivity index (χ1n) is 30.9. The van der Waals surface area contributed by atoms with Crippen molar-refractivity contribution in [2.75, 3.05) is 0 Å². The van der Waals surface area contributed by atoms with Gasteiger partial charge in [0, 0.05) is 48.4 Å². The molecule has 0 bridgehead atoms. The van der Waals surface area contributed by atoms with Crippen LogP contribution in [-0.4, -0.2) is 159 Å². The second kappa shape index (κ2) is 28.7. The highest BCUT2D eigenvalue weighted by atomic mass is 16.6. The van der Waals surface area contributed by atoms with E-state index in [1.165, 1.54) is 30.3 Å². The lowest BCUT2D eigenvalue weighted by molar-refractivity contribution is -0.166. The SMILES string of the molecule is O=C(/C=C/c1cc(O)c2c(c1)[C@H](C(=O)O[C@H](Cc1ccc(O)c3c1[C@H](C(=O)O[C@H](Cc1ccc(O)c4c1[C@H](C(=O)O[C@H](Cc1ccc(O)c(O)c1)C(=O)O)[C@@H](c1ccc(O)c(O)c1)O4)C(=O)O)[C@@H](c1ccc(O)c(O)c1)O3)C(=O)O)[C@@H](c1ccc(O)c(O)c1)O2)O[C@H](Cc1ccc(O)c(O)c1)C(=O)O. The summed E-state index contributed by atoms with van der Waals surface area (Å²) in [5.74, 6) is -28.7. The molecule has 0 radical (unpaired) electrons. The van der Waals surface area contributed by atoms with Crippen molar-refractivity contribution in [2.45, 2.75) is 86.2 Å². The Hall–Kier alpha value is -13.9. The van der Waals surface area contributed by atoms with Crippen LogP contribution in [0.3, 0.4) is 0 Å². The highest BCUT2D eigenvalue weighted by molar-refractivity contribution is 5.92. The number of hydrogen-bond acceptors (Lipinski definition) is 28. The third-order valence-corrected chi connectivity index (χ3v) is 17.3. The number of rotatable bonds is 24. The lowest BCUT2D eigenvalue weighted by Gasteiger charge is -2.24. The zero-order chi connectivity index (χ0) is 75.0. The predicted octanol–water partition coefficient (Wildman–Crippen LogP) is 6.48. The Morgan fingerprint density at radius 3 is 1.04 bits per heavy atom. The Bertz CT molecular complexity index is 4860. The Labute approximate surface area is 582 Å². The number of phenolic OH excluding ortho intramolecular Hbond substituents is 13. The molecule has 3 heterocycles. The number of ether oxygens (including phenoxy) is 7. The summed E-state index contributed by atoms with van der Waals surface area (Å²) in [7, 11) is 0. The Kier molecular flexibility index (Phi) is 19.7. The van der Waals surface area contributed by atoms with Crippen molar-refractivity contribution in [3.05, 3.63) is 195 Å². The average Bonchev–Trinajstić information content (AvgIpc) is 1.61.